The van der Waals surface area contributed by atoms with Gasteiger partial charge in [-0.3, -0.25) is 4.79 Å². The number of fused-ring (bicyclic) bond motifs is 1. The number of hydrogen-bond donors (Lipinski definition) is 1. The van der Waals surface area contributed by atoms with E-state index in [-0.39, 0.29) is 11.7 Å². The van der Waals surface area contributed by atoms with Gasteiger partial charge in [0.05, 0.1) is 11.0 Å². The molecule has 1 aromatic heterocycles. The second kappa shape index (κ2) is 3.67. The first-order valence-corrected chi connectivity index (χ1v) is 5.85. The van der Waals surface area contributed by atoms with Crippen molar-refractivity contribution >= 4 is 16.8 Å². The maximum Gasteiger partial charge on any atom is 0.168 e. The number of aryl methyl sites for hydroxylation is 2. The summed E-state index contributed by atoms with van der Waals surface area (Å²) >= 11 is 0. The summed E-state index contributed by atoms with van der Waals surface area (Å²) in [7, 11) is 1.99. The highest BCUT2D eigenvalue weighted by molar-refractivity contribution is 6.01. The average Bonchev–Trinajstić information content (AvgIpc) is 2.52. The van der Waals surface area contributed by atoms with Gasteiger partial charge in [-0.05, 0) is 25.1 Å². The summed E-state index contributed by atoms with van der Waals surface area (Å²) in [5.41, 5.74) is 2.76. The van der Waals surface area contributed by atoms with Crippen LogP contribution in [0.5, 0.6) is 0 Å². The van der Waals surface area contributed by atoms with Gasteiger partial charge in [-0.15, -0.1) is 0 Å². The minimum absolute atomic E-state index is 0.150. The number of imidazole rings is 1. The fourth-order valence-corrected chi connectivity index (χ4v) is 2.18. The zero-order valence-corrected chi connectivity index (χ0v) is 10.0. The predicted molar refractivity (Wildman–Crippen MR) is 66.1 cm³/mol. The minimum Gasteiger partial charge on any atom is -0.331 e. The summed E-state index contributed by atoms with van der Waals surface area (Å²) < 4.78 is 2.04. The molecular formula is C13H15N3O. The third kappa shape index (κ3) is 1.56. The van der Waals surface area contributed by atoms with Crippen molar-refractivity contribution in [2.24, 2.45) is 13.0 Å². The van der Waals surface area contributed by atoms with Crippen LogP contribution in [0.25, 0.3) is 11.0 Å². The first kappa shape index (κ1) is 10.5. The minimum atomic E-state index is 0.150. The zero-order valence-electron chi connectivity index (χ0n) is 10.0. The number of ketones is 1. The van der Waals surface area contributed by atoms with Crippen molar-refractivity contribution in [2.75, 3.05) is 13.1 Å². The number of nitrogens with one attached hydrogen (secondary N) is 1. The standard InChI is InChI=1S/C13H15N3O/c1-8-15-11-5-9(3-4-12(11)16(8)2)13(17)10-6-14-7-10/h3-5,10,14H,6-7H2,1-2H3. The molecule has 3 rings (SSSR count). The van der Waals surface area contributed by atoms with E-state index in [1.165, 1.54) is 0 Å². The maximum atomic E-state index is 12.1. The monoisotopic (exact) mass is 229 g/mol. The highest BCUT2D eigenvalue weighted by Gasteiger charge is 2.26. The molecule has 0 saturated carbocycles. The van der Waals surface area contributed by atoms with E-state index in [0.29, 0.717) is 0 Å². The highest BCUT2D eigenvalue weighted by atomic mass is 16.1. The van der Waals surface area contributed by atoms with Gasteiger partial charge in [-0.25, -0.2) is 4.98 Å². The molecule has 4 heteroatoms. The van der Waals surface area contributed by atoms with Gasteiger partial charge in [0.1, 0.15) is 5.82 Å². The lowest BCUT2D eigenvalue weighted by Gasteiger charge is -2.25. The van der Waals surface area contributed by atoms with E-state index >= 15 is 0 Å². The molecule has 1 aliphatic heterocycles. The molecule has 0 amide bonds. The van der Waals surface area contributed by atoms with Gasteiger partial charge < -0.3 is 9.88 Å². The molecule has 0 atom stereocenters. The Kier molecular flexibility index (Phi) is 2.26. The Hall–Kier alpha value is -1.68. The number of Topliss-reactive ketones (excluding diaryl/α,β-unsaturated/α-hetero) is 1. The SMILES string of the molecule is Cc1nc2cc(C(=O)C3CNC3)ccc2n1C. The van der Waals surface area contributed by atoms with Crippen LogP contribution in [0.2, 0.25) is 0 Å². The van der Waals surface area contributed by atoms with Crippen molar-refractivity contribution < 1.29 is 4.79 Å². The fraction of sp³-hybridized carbons (Fsp3) is 0.385. The molecule has 2 aromatic rings. The van der Waals surface area contributed by atoms with E-state index in [2.05, 4.69) is 10.3 Å². The molecule has 0 aliphatic carbocycles. The third-order valence-corrected chi connectivity index (χ3v) is 3.54. The maximum absolute atomic E-state index is 12.1. The van der Waals surface area contributed by atoms with Gasteiger partial charge in [0.25, 0.3) is 0 Å². The molecule has 1 saturated heterocycles. The Labute approximate surface area is 99.6 Å². The Morgan fingerprint density at radius 2 is 2.24 bits per heavy atom. The van der Waals surface area contributed by atoms with E-state index in [0.717, 1.165) is 35.5 Å². The molecule has 88 valence electrons. The quantitative estimate of drug-likeness (QED) is 0.789. The van der Waals surface area contributed by atoms with Crippen LogP contribution in [0.3, 0.4) is 0 Å². The van der Waals surface area contributed by atoms with Crippen molar-refractivity contribution in [1.82, 2.24) is 14.9 Å². The summed E-state index contributed by atoms with van der Waals surface area (Å²) in [5.74, 6) is 1.35. The molecule has 1 fully saturated rings. The van der Waals surface area contributed by atoms with Gasteiger partial charge in [0, 0.05) is 31.6 Å². The van der Waals surface area contributed by atoms with Crippen molar-refractivity contribution in [1.29, 1.82) is 0 Å². The van der Waals surface area contributed by atoms with E-state index in [9.17, 15) is 4.79 Å². The Bertz CT molecular complexity index is 596. The number of carbonyl (C=O) groups is 1. The lowest BCUT2D eigenvalue weighted by molar-refractivity contribution is 0.0878. The van der Waals surface area contributed by atoms with Crippen LogP contribution in [0.15, 0.2) is 18.2 Å². The van der Waals surface area contributed by atoms with Crippen molar-refractivity contribution in [2.45, 2.75) is 6.92 Å². The van der Waals surface area contributed by atoms with E-state index in [1.54, 1.807) is 0 Å². The Balaban J connectivity index is 2.04. The molecule has 1 aliphatic rings. The third-order valence-electron chi connectivity index (χ3n) is 3.54. The number of benzene rings is 1. The van der Waals surface area contributed by atoms with Crippen molar-refractivity contribution in [3.05, 3.63) is 29.6 Å². The van der Waals surface area contributed by atoms with Crippen LogP contribution in [0, 0.1) is 12.8 Å². The second-order valence-electron chi connectivity index (χ2n) is 4.64. The Morgan fingerprint density at radius 3 is 2.88 bits per heavy atom. The van der Waals surface area contributed by atoms with Gasteiger partial charge in [-0.2, -0.15) is 0 Å². The number of carbonyl (C=O) groups excluding carboxylic acids is 1. The van der Waals surface area contributed by atoms with Crippen LogP contribution in [0.4, 0.5) is 0 Å². The number of aromatic nitrogens is 2. The topological polar surface area (TPSA) is 46.9 Å². The Morgan fingerprint density at radius 1 is 1.47 bits per heavy atom. The lowest BCUT2D eigenvalue weighted by Crippen LogP contribution is -2.46. The lowest BCUT2D eigenvalue weighted by atomic mass is 9.93. The summed E-state index contributed by atoms with van der Waals surface area (Å²) in [6, 6.07) is 5.79. The summed E-state index contributed by atoms with van der Waals surface area (Å²) in [6.07, 6.45) is 0. The van der Waals surface area contributed by atoms with Crippen LogP contribution < -0.4 is 5.32 Å². The van der Waals surface area contributed by atoms with E-state index in [4.69, 9.17) is 0 Å². The fourth-order valence-electron chi connectivity index (χ4n) is 2.18. The largest absolute Gasteiger partial charge is 0.331 e. The summed E-state index contributed by atoms with van der Waals surface area (Å²) in [5, 5.41) is 3.12. The molecular weight excluding hydrogens is 214 g/mol. The van der Waals surface area contributed by atoms with E-state index in [1.807, 2.05) is 36.7 Å². The van der Waals surface area contributed by atoms with Crippen molar-refractivity contribution in [3.63, 3.8) is 0 Å². The van der Waals surface area contributed by atoms with Gasteiger partial charge >= 0.3 is 0 Å². The first-order chi connectivity index (χ1) is 8.16. The first-order valence-electron chi connectivity index (χ1n) is 5.85. The number of rotatable bonds is 2. The molecule has 0 radical (unpaired) electrons. The summed E-state index contributed by atoms with van der Waals surface area (Å²) in [4.78, 5) is 16.5. The number of nitrogens with zero attached hydrogens (tertiary/aromatic N) is 2. The smallest absolute Gasteiger partial charge is 0.168 e. The molecule has 0 unspecified atom stereocenters. The molecule has 2 heterocycles. The zero-order chi connectivity index (χ0) is 12.0. The second-order valence-corrected chi connectivity index (χ2v) is 4.64. The summed E-state index contributed by atoms with van der Waals surface area (Å²) in [6.45, 7) is 3.58. The van der Waals surface area contributed by atoms with Gasteiger partial charge in [0.15, 0.2) is 5.78 Å². The highest BCUT2D eigenvalue weighted by Crippen LogP contribution is 2.19. The molecule has 0 spiro atoms. The molecule has 4 nitrogen and oxygen atoms in total. The predicted octanol–water partition coefficient (Wildman–Crippen LogP) is 1.28. The molecule has 0 bridgehead atoms. The molecule has 17 heavy (non-hydrogen) atoms. The molecule has 1 N–H and O–H groups in total. The average molecular weight is 229 g/mol. The van der Waals surface area contributed by atoms with E-state index < -0.39 is 0 Å². The van der Waals surface area contributed by atoms with Crippen LogP contribution in [0.1, 0.15) is 16.2 Å². The normalized spacial score (nSPS) is 16.1. The molecule has 1 aromatic carbocycles. The number of hydrogen-bond acceptors (Lipinski definition) is 3. The van der Waals surface area contributed by atoms with Crippen LogP contribution >= 0.6 is 0 Å². The van der Waals surface area contributed by atoms with Gasteiger partial charge in [0.2, 0.25) is 0 Å². The van der Waals surface area contributed by atoms with Crippen LogP contribution in [-0.4, -0.2) is 28.4 Å². The van der Waals surface area contributed by atoms with Gasteiger partial charge in [-0.1, -0.05) is 0 Å². The van der Waals surface area contributed by atoms with Crippen molar-refractivity contribution in [3.8, 4) is 0 Å². The van der Waals surface area contributed by atoms with Crippen LogP contribution in [-0.2, 0) is 7.05 Å².